The highest BCUT2D eigenvalue weighted by atomic mass is 16.5. The molecule has 6 heteroatoms. The Morgan fingerprint density at radius 3 is 2.94 bits per heavy atom. The molecule has 2 aromatic rings. The SMILES string of the molecule is O=c1cc2ncncc2cn1N1CCOCC1. The molecule has 1 saturated heterocycles. The quantitative estimate of drug-likeness (QED) is 0.679. The minimum atomic E-state index is -0.0712. The molecule has 17 heavy (non-hydrogen) atoms. The van der Waals surface area contributed by atoms with Crippen molar-refractivity contribution in [3.8, 4) is 0 Å². The number of pyridine rings is 1. The predicted octanol–water partition coefficient (Wildman–Crippen LogP) is -0.240. The topological polar surface area (TPSA) is 60.2 Å². The Morgan fingerprint density at radius 1 is 1.29 bits per heavy atom. The lowest BCUT2D eigenvalue weighted by molar-refractivity contribution is 0.111. The van der Waals surface area contributed by atoms with Crippen LogP contribution in [0.15, 0.2) is 29.6 Å². The molecule has 0 amide bonds. The first-order valence-electron chi connectivity index (χ1n) is 5.50. The van der Waals surface area contributed by atoms with Crippen molar-refractivity contribution in [1.29, 1.82) is 0 Å². The van der Waals surface area contributed by atoms with E-state index in [2.05, 4.69) is 9.97 Å². The number of rotatable bonds is 1. The number of hydrogen-bond acceptors (Lipinski definition) is 5. The molecule has 1 aliphatic heterocycles. The Balaban J connectivity index is 2.09. The van der Waals surface area contributed by atoms with Gasteiger partial charge in [0.15, 0.2) is 0 Å². The van der Waals surface area contributed by atoms with Crippen molar-refractivity contribution in [3.05, 3.63) is 35.1 Å². The van der Waals surface area contributed by atoms with Gasteiger partial charge in [0.2, 0.25) is 0 Å². The van der Waals surface area contributed by atoms with Gasteiger partial charge in [-0.25, -0.2) is 14.6 Å². The maximum absolute atomic E-state index is 12.0. The van der Waals surface area contributed by atoms with Crippen LogP contribution in [0, 0.1) is 0 Å². The molecule has 0 atom stereocenters. The summed E-state index contributed by atoms with van der Waals surface area (Å²) in [7, 11) is 0. The zero-order valence-corrected chi connectivity index (χ0v) is 9.24. The van der Waals surface area contributed by atoms with E-state index in [1.54, 1.807) is 17.1 Å². The maximum atomic E-state index is 12.0. The summed E-state index contributed by atoms with van der Waals surface area (Å²) in [5.41, 5.74) is 0.604. The molecule has 0 bridgehead atoms. The van der Waals surface area contributed by atoms with Crippen molar-refractivity contribution in [3.63, 3.8) is 0 Å². The third-order valence-electron chi connectivity index (χ3n) is 2.81. The molecule has 1 aliphatic rings. The van der Waals surface area contributed by atoms with Gasteiger partial charge in [-0.05, 0) is 0 Å². The van der Waals surface area contributed by atoms with E-state index in [9.17, 15) is 4.79 Å². The minimum Gasteiger partial charge on any atom is -0.378 e. The van der Waals surface area contributed by atoms with Crippen LogP contribution in [0.5, 0.6) is 0 Å². The van der Waals surface area contributed by atoms with Crippen LogP contribution in [0.4, 0.5) is 0 Å². The number of nitrogens with zero attached hydrogens (tertiary/aromatic N) is 4. The van der Waals surface area contributed by atoms with Crippen LogP contribution < -0.4 is 10.6 Å². The van der Waals surface area contributed by atoms with Gasteiger partial charge in [0.05, 0.1) is 31.8 Å². The maximum Gasteiger partial charge on any atom is 0.271 e. The molecule has 0 aliphatic carbocycles. The number of morpholine rings is 1. The summed E-state index contributed by atoms with van der Waals surface area (Å²) in [6, 6.07) is 1.53. The van der Waals surface area contributed by atoms with Crippen molar-refractivity contribution >= 4 is 10.9 Å². The lowest BCUT2D eigenvalue weighted by atomic mass is 10.3. The van der Waals surface area contributed by atoms with Crippen LogP contribution in [0.2, 0.25) is 0 Å². The summed E-state index contributed by atoms with van der Waals surface area (Å²) < 4.78 is 6.89. The zero-order chi connectivity index (χ0) is 11.7. The zero-order valence-electron chi connectivity index (χ0n) is 9.24. The molecule has 0 N–H and O–H groups in total. The molecule has 2 aromatic heterocycles. The molecule has 0 saturated carbocycles. The van der Waals surface area contributed by atoms with E-state index in [4.69, 9.17) is 4.74 Å². The van der Waals surface area contributed by atoms with E-state index in [1.807, 2.05) is 5.01 Å². The van der Waals surface area contributed by atoms with Crippen LogP contribution >= 0.6 is 0 Å². The van der Waals surface area contributed by atoms with E-state index >= 15 is 0 Å². The smallest absolute Gasteiger partial charge is 0.271 e. The molecule has 88 valence electrons. The molecule has 3 rings (SSSR count). The summed E-state index contributed by atoms with van der Waals surface area (Å²) in [5.74, 6) is 0. The summed E-state index contributed by atoms with van der Waals surface area (Å²) in [4.78, 5) is 20.0. The van der Waals surface area contributed by atoms with Crippen LogP contribution in [-0.4, -0.2) is 40.9 Å². The van der Waals surface area contributed by atoms with Crippen molar-refractivity contribution in [2.75, 3.05) is 31.3 Å². The summed E-state index contributed by atoms with van der Waals surface area (Å²) in [6.45, 7) is 2.74. The van der Waals surface area contributed by atoms with E-state index in [0.717, 1.165) is 18.5 Å². The second-order valence-electron chi connectivity index (χ2n) is 3.89. The summed E-state index contributed by atoms with van der Waals surface area (Å²) in [6.07, 6.45) is 4.93. The first kappa shape index (κ1) is 10.2. The first-order chi connectivity index (χ1) is 8.34. The lowest BCUT2D eigenvalue weighted by Gasteiger charge is -2.29. The predicted molar refractivity (Wildman–Crippen MR) is 62.6 cm³/mol. The second-order valence-corrected chi connectivity index (χ2v) is 3.89. The van der Waals surface area contributed by atoms with Crippen molar-refractivity contribution < 1.29 is 4.74 Å². The Hall–Kier alpha value is -1.95. The standard InChI is InChI=1S/C11H12N4O2/c16-11-5-10-9(6-12-8-13-10)7-15(11)14-1-3-17-4-2-14/h5-8H,1-4H2. The minimum absolute atomic E-state index is 0.0712. The fourth-order valence-corrected chi connectivity index (χ4v) is 1.94. The van der Waals surface area contributed by atoms with Crippen LogP contribution in [0.1, 0.15) is 0 Å². The Kier molecular flexibility index (Phi) is 2.49. The van der Waals surface area contributed by atoms with Gasteiger partial charge in [-0.3, -0.25) is 4.79 Å². The Labute approximate surface area is 97.4 Å². The molecule has 1 fully saturated rings. The summed E-state index contributed by atoms with van der Waals surface area (Å²) in [5, 5.41) is 2.83. The fourth-order valence-electron chi connectivity index (χ4n) is 1.94. The van der Waals surface area contributed by atoms with Crippen molar-refractivity contribution in [2.45, 2.75) is 0 Å². The molecular weight excluding hydrogens is 220 g/mol. The second kappa shape index (κ2) is 4.14. The number of fused-ring (bicyclic) bond motifs is 1. The van der Waals surface area contributed by atoms with Gasteiger partial charge in [0, 0.05) is 23.8 Å². The van der Waals surface area contributed by atoms with Gasteiger partial charge in [-0.1, -0.05) is 0 Å². The molecular formula is C11H12N4O2. The average Bonchev–Trinajstić information content (AvgIpc) is 2.39. The fraction of sp³-hybridized carbons (Fsp3) is 0.364. The first-order valence-corrected chi connectivity index (χ1v) is 5.50. The number of hydrogen-bond donors (Lipinski definition) is 0. The van der Waals surface area contributed by atoms with Crippen LogP contribution in [-0.2, 0) is 4.74 Å². The Morgan fingerprint density at radius 2 is 2.12 bits per heavy atom. The number of aromatic nitrogens is 3. The summed E-state index contributed by atoms with van der Waals surface area (Å²) >= 11 is 0. The van der Waals surface area contributed by atoms with Gasteiger partial charge in [0.1, 0.15) is 6.33 Å². The Bertz CT molecular complexity index is 589. The van der Waals surface area contributed by atoms with Crippen LogP contribution in [0.3, 0.4) is 0 Å². The van der Waals surface area contributed by atoms with Gasteiger partial charge >= 0.3 is 0 Å². The highest BCUT2D eigenvalue weighted by Crippen LogP contribution is 2.06. The highest BCUT2D eigenvalue weighted by Gasteiger charge is 2.12. The van der Waals surface area contributed by atoms with Crippen molar-refractivity contribution in [1.82, 2.24) is 14.6 Å². The van der Waals surface area contributed by atoms with E-state index < -0.39 is 0 Å². The van der Waals surface area contributed by atoms with E-state index in [-0.39, 0.29) is 5.56 Å². The third kappa shape index (κ3) is 1.87. The normalized spacial score (nSPS) is 16.4. The van der Waals surface area contributed by atoms with E-state index in [1.165, 1.54) is 12.4 Å². The van der Waals surface area contributed by atoms with Gasteiger partial charge < -0.3 is 9.75 Å². The molecule has 0 aromatic carbocycles. The number of ether oxygens (including phenoxy) is 1. The van der Waals surface area contributed by atoms with Gasteiger partial charge in [0.25, 0.3) is 5.56 Å². The molecule has 3 heterocycles. The van der Waals surface area contributed by atoms with E-state index in [0.29, 0.717) is 18.7 Å². The van der Waals surface area contributed by atoms with Gasteiger partial charge in [-0.2, -0.15) is 0 Å². The molecule has 0 radical (unpaired) electrons. The lowest BCUT2D eigenvalue weighted by Crippen LogP contribution is -2.48. The molecule has 0 unspecified atom stereocenters. The third-order valence-corrected chi connectivity index (χ3v) is 2.81. The molecule has 6 nitrogen and oxygen atoms in total. The molecule has 0 spiro atoms. The largest absolute Gasteiger partial charge is 0.378 e. The van der Waals surface area contributed by atoms with Gasteiger partial charge in [-0.15, -0.1) is 0 Å². The highest BCUT2D eigenvalue weighted by molar-refractivity contribution is 5.75. The van der Waals surface area contributed by atoms with Crippen LogP contribution in [0.25, 0.3) is 10.9 Å². The average molecular weight is 232 g/mol. The van der Waals surface area contributed by atoms with Crippen molar-refractivity contribution in [2.24, 2.45) is 0 Å². The monoisotopic (exact) mass is 232 g/mol.